The number of rotatable bonds is 5. The third-order valence-corrected chi connectivity index (χ3v) is 2.92. The first-order valence-corrected chi connectivity index (χ1v) is 6.66. The van der Waals surface area contributed by atoms with E-state index < -0.39 is 23.7 Å². The fraction of sp³-hybridized carbons (Fsp3) is 0.429. The van der Waals surface area contributed by atoms with Crippen LogP contribution in [0.1, 0.15) is 27.2 Å². The average molecular weight is 299 g/mol. The molecule has 0 saturated carbocycles. The molecule has 5 nitrogen and oxygen atoms in total. The van der Waals surface area contributed by atoms with Crippen LogP contribution in [0.3, 0.4) is 0 Å². The molecule has 0 radical (unpaired) electrons. The van der Waals surface area contributed by atoms with Gasteiger partial charge in [0.25, 0.3) is 0 Å². The van der Waals surface area contributed by atoms with Crippen molar-refractivity contribution < 1.29 is 18.4 Å². The lowest BCUT2D eigenvalue weighted by atomic mass is 10.2. The molecule has 3 N–H and O–H groups in total. The van der Waals surface area contributed by atoms with E-state index in [1.165, 1.54) is 6.92 Å². The molecule has 0 aliphatic heterocycles. The van der Waals surface area contributed by atoms with Crippen LogP contribution in [0.2, 0.25) is 0 Å². The molecule has 3 amide bonds. The third kappa shape index (κ3) is 5.37. The van der Waals surface area contributed by atoms with E-state index in [9.17, 15) is 18.4 Å². The van der Waals surface area contributed by atoms with Gasteiger partial charge in [-0.3, -0.25) is 4.79 Å². The molecule has 1 aromatic carbocycles. The minimum Gasteiger partial charge on any atom is -0.352 e. The summed E-state index contributed by atoms with van der Waals surface area (Å²) < 4.78 is 26.3. The Labute approximate surface area is 122 Å². The van der Waals surface area contributed by atoms with Gasteiger partial charge in [0, 0.05) is 12.1 Å². The highest BCUT2D eigenvalue weighted by molar-refractivity contribution is 5.93. The summed E-state index contributed by atoms with van der Waals surface area (Å²) in [4.78, 5) is 23.4. The van der Waals surface area contributed by atoms with Crippen LogP contribution in [0.5, 0.6) is 0 Å². The summed E-state index contributed by atoms with van der Waals surface area (Å²) in [5, 5.41) is 7.22. The Bertz CT molecular complexity index is 523. The maximum atomic E-state index is 13.4. The summed E-state index contributed by atoms with van der Waals surface area (Å²) in [6, 6.07) is 1.12. The van der Waals surface area contributed by atoms with Crippen molar-refractivity contribution in [3.05, 3.63) is 29.8 Å². The fourth-order valence-corrected chi connectivity index (χ4v) is 1.48. The molecule has 0 fully saturated rings. The zero-order valence-electron chi connectivity index (χ0n) is 12.2. The monoisotopic (exact) mass is 299 g/mol. The SMILES string of the molecule is CC[C@H](C)NC(=O)[C@H](C)NC(=O)Nc1cc(F)ccc1F. The zero-order chi connectivity index (χ0) is 16.0. The molecule has 0 spiro atoms. The van der Waals surface area contributed by atoms with Gasteiger partial charge in [-0.05, 0) is 32.4 Å². The van der Waals surface area contributed by atoms with E-state index in [4.69, 9.17) is 0 Å². The predicted octanol–water partition coefficient (Wildman–Crippen LogP) is 2.39. The molecule has 7 heteroatoms. The molecule has 0 bridgehead atoms. The highest BCUT2D eigenvalue weighted by Crippen LogP contribution is 2.14. The Kier molecular flexibility index (Phi) is 6.08. The number of hydrogen-bond acceptors (Lipinski definition) is 2. The second-order valence-electron chi connectivity index (χ2n) is 4.76. The van der Waals surface area contributed by atoms with Crippen molar-refractivity contribution in [3.63, 3.8) is 0 Å². The van der Waals surface area contributed by atoms with Crippen LogP contribution in [0.15, 0.2) is 18.2 Å². The number of benzene rings is 1. The minimum absolute atomic E-state index is 0.00882. The van der Waals surface area contributed by atoms with Crippen LogP contribution >= 0.6 is 0 Å². The van der Waals surface area contributed by atoms with Gasteiger partial charge in [-0.2, -0.15) is 0 Å². The highest BCUT2D eigenvalue weighted by Gasteiger charge is 2.17. The average Bonchev–Trinajstić information content (AvgIpc) is 2.42. The predicted molar refractivity (Wildman–Crippen MR) is 75.9 cm³/mol. The van der Waals surface area contributed by atoms with Gasteiger partial charge >= 0.3 is 6.03 Å². The van der Waals surface area contributed by atoms with Crippen LogP contribution in [-0.4, -0.2) is 24.0 Å². The van der Waals surface area contributed by atoms with Gasteiger partial charge in [0.2, 0.25) is 5.91 Å². The quantitative estimate of drug-likeness (QED) is 0.781. The summed E-state index contributed by atoms with van der Waals surface area (Å²) in [6.45, 7) is 5.26. The summed E-state index contributed by atoms with van der Waals surface area (Å²) in [7, 11) is 0. The van der Waals surface area contributed by atoms with E-state index >= 15 is 0 Å². The molecule has 0 aliphatic carbocycles. The molecule has 0 aliphatic rings. The van der Waals surface area contributed by atoms with Crippen LogP contribution < -0.4 is 16.0 Å². The first kappa shape index (κ1) is 16.9. The number of nitrogens with one attached hydrogen (secondary N) is 3. The summed E-state index contributed by atoms with van der Waals surface area (Å²) >= 11 is 0. The fourth-order valence-electron chi connectivity index (χ4n) is 1.48. The van der Waals surface area contributed by atoms with Crippen molar-refractivity contribution in [1.29, 1.82) is 0 Å². The molecule has 21 heavy (non-hydrogen) atoms. The summed E-state index contributed by atoms with van der Waals surface area (Å²) in [6.07, 6.45) is 0.763. The van der Waals surface area contributed by atoms with Gasteiger partial charge in [-0.15, -0.1) is 0 Å². The van der Waals surface area contributed by atoms with Crippen molar-refractivity contribution in [2.45, 2.75) is 39.3 Å². The smallest absolute Gasteiger partial charge is 0.319 e. The van der Waals surface area contributed by atoms with E-state index in [-0.39, 0.29) is 17.6 Å². The van der Waals surface area contributed by atoms with Crippen LogP contribution in [0.4, 0.5) is 19.3 Å². The Morgan fingerprint density at radius 2 is 1.86 bits per heavy atom. The molecule has 0 saturated heterocycles. The molecule has 0 heterocycles. The van der Waals surface area contributed by atoms with E-state index in [1.807, 2.05) is 13.8 Å². The number of anilines is 1. The van der Waals surface area contributed by atoms with Gasteiger partial charge < -0.3 is 16.0 Å². The highest BCUT2D eigenvalue weighted by atomic mass is 19.1. The Morgan fingerprint density at radius 3 is 2.48 bits per heavy atom. The lowest BCUT2D eigenvalue weighted by Crippen LogP contribution is -2.48. The first-order chi connectivity index (χ1) is 9.83. The van der Waals surface area contributed by atoms with Gasteiger partial charge in [0.15, 0.2) is 0 Å². The van der Waals surface area contributed by atoms with E-state index in [0.717, 1.165) is 24.6 Å². The summed E-state index contributed by atoms with van der Waals surface area (Å²) in [5.74, 6) is -1.78. The topological polar surface area (TPSA) is 70.2 Å². The Morgan fingerprint density at radius 1 is 1.19 bits per heavy atom. The molecule has 1 rings (SSSR count). The Balaban J connectivity index is 2.57. The van der Waals surface area contributed by atoms with Crippen molar-refractivity contribution in [2.75, 3.05) is 5.32 Å². The van der Waals surface area contributed by atoms with Crippen molar-refractivity contribution in [2.24, 2.45) is 0 Å². The minimum atomic E-state index is -0.796. The molecular formula is C14H19F2N3O2. The number of urea groups is 1. The molecule has 1 aromatic rings. The second-order valence-corrected chi connectivity index (χ2v) is 4.76. The van der Waals surface area contributed by atoms with Crippen molar-refractivity contribution in [3.8, 4) is 0 Å². The third-order valence-electron chi connectivity index (χ3n) is 2.92. The number of halogens is 2. The molecule has 0 unspecified atom stereocenters. The molecule has 0 aromatic heterocycles. The van der Waals surface area contributed by atoms with Crippen molar-refractivity contribution in [1.82, 2.24) is 10.6 Å². The molecular weight excluding hydrogens is 280 g/mol. The number of amides is 3. The van der Waals surface area contributed by atoms with E-state index in [1.54, 1.807) is 0 Å². The number of hydrogen-bond donors (Lipinski definition) is 3. The van der Waals surface area contributed by atoms with Crippen molar-refractivity contribution >= 4 is 17.6 Å². The van der Waals surface area contributed by atoms with Gasteiger partial charge in [0.05, 0.1) is 5.69 Å². The van der Waals surface area contributed by atoms with Gasteiger partial charge in [-0.1, -0.05) is 6.92 Å². The van der Waals surface area contributed by atoms with Gasteiger partial charge in [-0.25, -0.2) is 13.6 Å². The Hall–Kier alpha value is -2.18. The number of carbonyl (C=O) groups excluding carboxylic acids is 2. The normalized spacial score (nSPS) is 13.2. The molecule has 2 atom stereocenters. The van der Waals surface area contributed by atoms with Crippen LogP contribution in [0.25, 0.3) is 0 Å². The lowest BCUT2D eigenvalue weighted by Gasteiger charge is -2.17. The van der Waals surface area contributed by atoms with E-state index in [0.29, 0.717) is 0 Å². The maximum Gasteiger partial charge on any atom is 0.319 e. The number of carbonyl (C=O) groups is 2. The van der Waals surface area contributed by atoms with Crippen LogP contribution in [-0.2, 0) is 4.79 Å². The largest absolute Gasteiger partial charge is 0.352 e. The maximum absolute atomic E-state index is 13.4. The lowest BCUT2D eigenvalue weighted by molar-refractivity contribution is -0.123. The first-order valence-electron chi connectivity index (χ1n) is 6.66. The van der Waals surface area contributed by atoms with Gasteiger partial charge in [0.1, 0.15) is 17.7 Å². The molecule has 116 valence electrons. The second kappa shape index (κ2) is 7.56. The van der Waals surface area contributed by atoms with E-state index in [2.05, 4.69) is 16.0 Å². The van der Waals surface area contributed by atoms with Crippen LogP contribution in [0, 0.1) is 11.6 Å². The standard InChI is InChI=1S/C14H19F2N3O2/c1-4-8(2)17-13(20)9(3)18-14(21)19-12-7-10(15)5-6-11(12)16/h5-9H,4H2,1-3H3,(H,17,20)(H2,18,19,21)/t8-,9-/m0/s1. The summed E-state index contributed by atoms with van der Waals surface area (Å²) in [5.41, 5.74) is -0.290. The zero-order valence-corrected chi connectivity index (χ0v) is 12.2.